The zero-order valence-electron chi connectivity index (χ0n) is 32.2. The maximum absolute atomic E-state index is 13.6. The van der Waals surface area contributed by atoms with Gasteiger partial charge < -0.3 is 45.3 Å². The van der Waals surface area contributed by atoms with Gasteiger partial charge in [-0.2, -0.15) is 5.06 Å². The lowest BCUT2D eigenvalue weighted by Crippen LogP contribution is -2.49. The van der Waals surface area contributed by atoms with E-state index in [1.54, 1.807) is 25.1 Å². The van der Waals surface area contributed by atoms with Gasteiger partial charge in [0.05, 0.1) is 36.2 Å². The zero-order valence-corrected chi connectivity index (χ0v) is 32.2. The van der Waals surface area contributed by atoms with Crippen LogP contribution in [0.4, 0.5) is 0 Å². The lowest BCUT2D eigenvalue weighted by Gasteiger charge is -2.31. The van der Waals surface area contributed by atoms with Crippen molar-refractivity contribution >= 4 is 58.8 Å². The summed E-state index contributed by atoms with van der Waals surface area (Å²) in [6, 6.07) is 16.3. The number of furan rings is 1. The van der Waals surface area contributed by atoms with Crippen molar-refractivity contribution in [2.45, 2.75) is 64.5 Å². The fourth-order valence-electron chi connectivity index (χ4n) is 6.16. The van der Waals surface area contributed by atoms with Gasteiger partial charge in [0.15, 0.2) is 12.4 Å². The summed E-state index contributed by atoms with van der Waals surface area (Å²) < 4.78 is 10.9. The normalized spacial score (nSPS) is 12.3. The quantitative estimate of drug-likeness (QED) is 0.0265. The number of fused-ring (bicyclic) bond motifs is 1. The molecule has 18 nitrogen and oxygen atoms in total. The highest BCUT2D eigenvalue weighted by Gasteiger charge is 2.34. The Bertz CT molecular complexity index is 2180. The lowest BCUT2D eigenvalue weighted by atomic mass is 9.90. The van der Waals surface area contributed by atoms with E-state index in [9.17, 15) is 43.5 Å². The minimum atomic E-state index is -1.79. The van der Waals surface area contributed by atoms with Gasteiger partial charge in [0.25, 0.3) is 11.8 Å². The van der Waals surface area contributed by atoms with Gasteiger partial charge in [0, 0.05) is 5.56 Å². The van der Waals surface area contributed by atoms with Crippen molar-refractivity contribution in [1.82, 2.24) is 21.0 Å². The Morgan fingerprint density at radius 1 is 0.831 bits per heavy atom. The van der Waals surface area contributed by atoms with Gasteiger partial charge >= 0.3 is 23.9 Å². The van der Waals surface area contributed by atoms with Crippen LogP contribution in [0.2, 0.25) is 0 Å². The first-order valence-electron chi connectivity index (χ1n) is 18.6. The molecule has 3 atom stereocenters. The summed E-state index contributed by atoms with van der Waals surface area (Å²) in [6.45, 7) is 2.52. The summed E-state index contributed by atoms with van der Waals surface area (Å²) in [7, 11) is 0. The molecule has 0 unspecified atom stereocenters. The Hall–Kier alpha value is -7.24. The molecular weight excluding hydrogens is 772 g/mol. The zero-order chi connectivity index (χ0) is 43.1. The predicted octanol–water partition coefficient (Wildman–Crippen LogP) is 4.23. The molecule has 59 heavy (non-hydrogen) atoms. The first kappa shape index (κ1) is 44.5. The number of rotatable bonds is 23. The molecular formula is C41H44N4O14. The predicted molar refractivity (Wildman–Crippen MR) is 208 cm³/mol. The van der Waals surface area contributed by atoms with Crippen molar-refractivity contribution in [1.29, 1.82) is 0 Å². The van der Waals surface area contributed by atoms with E-state index in [2.05, 4.69) is 16.0 Å². The topological polar surface area (TPSA) is 268 Å². The smallest absolute Gasteiger partial charge is 0.363 e. The molecule has 0 aliphatic heterocycles. The molecule has 4 aromatic rings. The number of hydrogen-bond acceptors (Lipinski definition) is 11. The van der Waals surface area contributed by atoms with Crippen LogP contribution < -0.4 is 20.7 Å². The molecule has 3 aromatic carbocycles. The maximum atomic E-state index is 13.6. The number of benzene rings is 3. The molecule has 4 amide bonds. The molecule has 0 saturated carbocycles. The summed E-state index contributed by atoms with van der Waals surface area (Å²) in [5.41, 5.74) is 0.138. The Morgan fingerprint density at radius 3 is 2.24 bits per heavy atom. The molecule has 0 spiro atoms. The van der Waals surface area contributed by atoms with Crippen molar-refractivity contribution in [3.8, 4) is 17.1 Å². The van der Waals surface area contributed by atoms with Gasteiger partial charge in [-0.15, -0.1) is 0 Å². The Balaban J connectivity index is 1.43. The average Bonchev–Trinajstić information content (AvgIpc) is 3.72. The number of carbonyl (C=O) groups is 8. The summed E-state index contributed by atoms with van der Waals surface area (Å²) in [4.78, 5) is 104. The Morgan fingerprint density at radius 2 is 1.58 bits per heavy atom. The van der Waals surface area contributed by atoms with E-state index < -0.39 is 72.6 Å². The summed E-state index contributed by atoms with van der Waals surface area (Å²) >= 11 is 0. The van der Waals surface area contributed by atoms with Crippen LogP contribution in [0.5, 0.6) is 5.75 Å². The number of aliphatic carboxylic acids is 3. The number of ether oxygens (including phenoxy) is 1. The van der Waals surface area contributed by atoms with Gasteiger partial charge in [-0.3, -0.25) is 24.0 Å². The van der Waals surface area contributed by atoms with Gasteiger partial charge in [-0.25, -0.2) is 14.4 Å². The molecule has 4 rings (SSSR count). The summed E-state index contributed by atoms with van der Waals surface area (Å²) in [6.07, 6.45) is 2.36. The molecule has 312 valence electrons. The first-order chi connectivity index (χ1) is 28.3. The average molecular weight is 817 g/mol. The van der Waals surface area contributed by atoms with Crippen molar-refractivity contribution in [3.63, 3.8) is 0 Å². The third-order valence-electron chi connectivity index (χ3n) is 9.13. The van der Waals surface area contributed by atoms with E-state index in [1.807, 2.05) is 31.2 Å². The van der Waals surface area contributed by atoms with Crippen molar-refractivity contribution in [2.24, 2.45) is 5.92 Å². The van der Waals surface area contributed by atoms with Gasteiger partial charge in [0.2, 0.25) is 12.3 Å². The largest absolute Gasteiger partial charge is 0.481 e. The van der Waals surface area contributed by atoms with Crippen LogP contribution >= 0.6 is 0 Å². The molecule has 0 bridgehead atoms. The second-order valence-electron chi connectivity index (χ2n) is 13.2. The first-order valence-corrected chi connectivity index (χ1v) is 18.6. The fourth-order valence-corrected chi connectivity index (χ4v) is 6.16. The number of hydrogen-bond donors (Lipinski definition) is 6. The van der Waals surface area contributed by atoms with Crippen LogP contribution in [0, 0.1) is 5.92 Å². The number of nitrogens with zero attached hydrogens (tertiary/aromatic N) is 1. The van der Waals surface area contributed by atoms with E-state index in [-0.39, 0.29) is 47.0 Å². The highest BCUT2D eigenvalue weighted by molar-refractivity contribution is 6.00. The van der Waals surface area contributed by atoms with Crippen LogP contribution in [0.25, 0.3) is 22.1 Å². The summed E-state index contributed by atoms with van der Waals surface area (Å²) in [5, 5.41) is 37.3. The number of carboxylic acid groups (broad SMARTS) is 3. The third kappa shape index (κ3) is 12.4. The van der Waals surface area contributed by atoms with Gasteiger partial charge in [0.1, 0.15) is 17.6 Å². The molecule has 0 radical (unpaired) electrons. The molecule has 1 aromatic heterocycles. The molecule has 18 heteroatoms. The van der Waals surface area contributed by atoms with Crippen LogP contribution in [0.15, 0.2) is 77.2 Å². The van der Waals surface area contributed by atoms with Crippen molar-refractivity contribution < 1.29 is 67.7 Å². The van der Waals surface area contributed by atoms with E-state index in [0.29, 0.717) is 19.3 Å². The van der Waals surface area contributed by atoms with Crippen LogP contribution in [0.3, 0.4) is 0 Å². The fraction of sp³-hybridized carbons (Fsp3) is 0.317. The molecule has 0 aliphatic carbocycles. The minimum absolute atomic E-state index is 0.0783. The monoisotopic (exact) mass is 816 g/mol. The number of carboxylic acids is 3. The van der Waals surface area contributed by atoms with Crippen molar-refractivity contribution in [3.05, 3.63) is 89.7 Å². The van der Waals surface area contributed by atoms with Crippen LogP contribution in [-0.4, -0.2) is 93.8 Å². The van der Waals surface area contributed by atoms with Gasteiger partial charge in [-0.05, 0) is 60.0 Å². The molecule has 0 fully saturated rings. The van der Waals surface area contributed by atoms with Gasteiger partial charge in [-0.1, -0.05) is 69.5 Å². The maximum Gasteiger partial charge on any atom is 0.363 e. The SMILES string of the molecule is CCCCC[C@@H](C(=O)NCNC(=O)c1ccc(-c2ccc(C(=O)N[C@@H](CC(=O)O)C(=O)O)c(OCC(=O)O)c2)o1)[C@@H](CC)N(C=O)OC(=O)c1ccc2ccccc2c1. The molecule has 6 N–H and O–H groups in total. The molecule has 1 heterocycles. The van der Waals surface area contributed by atoms with Crippen LogP contribution in [-0.2, 0) is 28.8 Å². The Labute approximate surface area is 337 Å². The van der Waals surface area contributed by atoms with Crippen molar-refractivity contribution in [2.75, 3.05) is 13.3 Å². The van der Waals surface area contributed by atoms with E-state index in [0.717, 1.165) is 28.7 Å². The number of hydroxylamine groups is 2. The van der Waals surface area contributed by atoms with E-state index in [1.165, 1.54) is 30.3 Å². The van der Waals surface area contributed by atoms with E-state index in [4.69, 9.17) is 24.2 Å². The number of amides is 4. The van der Waals surface area contributed by atoms with Crippen LogP contribution in [0.1, 0.15) is 83.6 Å². The molecule has 0 aliphatic rings. The Kier molecular flexibility index (Phi) is 16.1. The number of unbranched alkanes of at least 4 members (excludes halogenated alkanes) is 2. The second kappa shape index (κ2) is 21.3. The van der Waals surface area contributed by atoms with E-state index >= 15 is 0 Å². The second-order valence-corrected chi connectivity index (χ2v) is 13.2. The third-order valence-corrected chi connectivity index (χ3v) is 9.13. The highest BCUT2D eigenvalue weighted by Crippen LogP contribution is 2.30. The standard InChI is InChI=1S/C41H44N4O14/c1-3-5-6-11-28(31(4-2)45(23-46)59-41(56)27-13-12-24-9-7-8-10-25(24)18-27)37(51)42-22-43-39(53)33-17-16-32(58-33)26-14-15-29(34(19-26)57-21-36(49)50)38(52)44-30(40(54)55)20-35(47)48/h7-10,12-19,23,28,30-31H,3-6,11,20-22H2,1-2H3,(H,42,51)(H,43,53)(H,44,52)(H,47,48)(H,49,50)(H,54,55)/t28-,30+,31-/m1/s1. The lowest BCUT2D eigenvalue weighted by molar-refractivity contribution is -0.171. The minimum Gasteiger partial charge on any atom is -0.481 e. The molecule has 0 saturated heterocycles. The summed E-state index contributed by atoms with van der Waals surface area (Å²) in [5.74, 6) is -8.77. The number of carbonyl (C=O) groups excluding carboxylic acids is 5. The number of nitrogens with one attached hydrogen (secondary N) is 3. The highest BCUT2D eigenvalue weighted by atomic mass is 16.7.